The summed E-state index contributed by atoms with van der Waals surface area (Å²) in [7, 11) is -3.34. The maximum Gasteiger partial charge on any atom is 0.284 e. The number of hydrogen-bond acceptors (Lipinski definition) is 6. The van der Waals surface area contributed by atoms with E-state index < -0.39 is 27.4 Å². The molecule has 0 radical (unpaired) electrons. The van der Waals surface area contributed by atoms with E-state index >= 15 is 0 Å². The molecule has 1 atom stereocenters. The summed E-state index contributed by atoms with van der Waals surface area (Å²) in [5.41, 5.74) is 0. The van der Waals surface area contributed by atoms with Gasteiger partial charge in [0.15, 0.2) is 4.87 Å². The molecule has 0 rings (SSSR count). The monoisotopic (exact) mass is 215 g/mol. The molecule has 0 amide bonds. The van der Waals surface area contributed by atoms with E-state index in [0.29, 0.717) is 0 Å². The minimum atomic E-state index is -4.54. The third-order valence-corrected chi connectivity index (χ3v) is 3.16. The van der Waals surface area contributed by atoms with Gasteiger partial charge in [-0.3, -0.25) is 9.87 Å². The van der Waals surface area contributed by atoms with Crippen molar-refractivity contribution in [3.63, 3.8) is 0 Å². The van der Waals surface area contributed by atoms with Crippen LogP contribution in [-0.4, -0.2) is 46.2 Å². The second-order valence-electron chi connectivity index (χ2n) is 2.91. The van der Waals surface area contributed by atoms with Crippen LogP contribution in [0.3, 0.4) is 0 Å². The van der Waals surface area contributed by atoms with E-state index in [-0.39, 0.29) is 0 Å². The molecule has 0 fully saturated rings. The van der Waals surface area contributed by atoms with E-state index in [4.69, 9.17) is 19.9 Å². The molecule has 0 saturated heterocycles. The molecule has 0 aliphatic carbocycles. The van der Waals surface area contributed by atoms with Gasteiger partial charge in [0, 0.05) is 0 Å². The Labute approximate surface area is 75.8 Å². The molecule has 0 bridgehead atoms. The Morgan fingerprint density at radius 2 is 1.69 bits per heavy atom. The van der Waals surface area contributed by atoms with Gasteiger partial charge in [-0.05, 0) is 14.0 Å². The van der Waals surface area contributed by atoms with E-state index in [9.17, 15) is 8.42 Å². The third-order valence-electron chi connectivity index (χ3n) is 1.67. The highest BCUT2D eigenvalue weighted by atomic mass is 32.2. The zero-order chi connectivity index (χ0) is 10.9. The maximum atomic E-state index is 10.7. The van der Waals surface area contributed by atoms with Crippen LogP contribution >= 0.6 is 0 Å². The fourth-order valence-corrected chi connectivity index (χ4v) is 1.40. The molecular weight excluding hydrogens is 202 g/mol. The van der Waals surface area contributed by atoms with Crippen molar-refractivity contribution in [3.05, 3.63) is 0 Å². The van der Waals surface area contributed by atoms with Crippen LogP contribution in [0.1, 0.15) is 13.3 Å². The summed E-state index contributed by atoms with van der Waals surface area (Å²) < 4.78 is 30.1. The van der Waals surface area contributed by atoms with Gasteiger partial charge in [0.25, 0.3) is 16.1 Å². The molecule has 0 aromatic rings. The zero-order valence-corrected chi connectivity index (χ0v) is 8.04. The topological polar surface area (TPSA) is 127 Å². The van der Waals surface area contributed by atoms with Gasteiger partial charge in [0.2, 0.25) is 0 Å². The molecule has 0 aliphatic rings. The fourth-order valence-electron chi connectivity index (χ4n) is 0.761. The Balaban J connectivity index is 4.89. The van der Waals surface area contributed by atoms with Crippen LogP contribution in [0.2, 0.25) is 0 Å². The lowest BCUT2D eigenvalue weighted by Gasteiger charge is -2.29. The predicted molar refractivity (Wildman–Crippen MR) is 43.0 cm³/mol. The summed E-state index contributed by atoms with van der Waals surface area (Å²) in [5.74, 6) is -3.16. The Morgan fingerprint density at radius 3 is 1.77 bits per heavy atom. The minimum Gasteiger partial charge on any atom is -0.344 e. The molecule has 13 heavy (non-hydrogen) atoms. The highest BCUT2D eigenvalue weighted by Gasteiger charge is 2.43. The van der Waals surface area contributed by atoms with Gasteiger partial charge in [-0.1, -0.05) is 0 Å². The first-order valence-corrected chi connectivity index (χ1v) is 4.79. The zero-order valence-electron chi connectivity index (χ0n) is 7.22. The number of hydrogen-bond donors (Lipinski definition) is 5. The Kier molecular flexibility index (Phi) is 3.41. The smallest absolute Gasteiger partial charge is 0.284 e. The first kappa shape index (κ1) is 12.8. The molecule has 0 aromatic heterocycles. The standard InChI is InChI=1S/C5H13NO6S/c1-4(6-2,13(10,11)12)3-5(7,8)9/h6-9H,3H2,1-2H3,(H,10,11,12). The van der Waals surface area contributed by atoms with Gasteiger partial charge >= 0.3 is 0 Å². The normalized spacial score (nSPS) is 18.3. The van der Waals surface area contributed by atoms with Crippen molar-refractivity contribution >= 4 is 10.1 Å². The summed E-state index contributed by atoms with van der Waals surface area (Å²) in [6.45, 7) is 1.000. The van der Waals surface area contributed by atoms with Crippen molar-refractivity contribution in [1.82, 2.24) is 5.32 Å². The predicted octanol–water partition coefficient (Wildman–Crippen LogP) is -2.17. The fraction of sp³-hybridized carbons (Fsp3) is 1.00. The van der Waals surface area contributed by atoms with Crippen LogP contribution < -0.4 is 5.32 Å². The summed E-state index contributed by atoms with van der Waals surface area (Å²) in [6.07, 6.45) is -0.977. The van der Waals surface area contributed by atoms with E-state index in [1.165, 1.54) is 7.05 Å². The Morgan fingerprint density at radius 1 is 1.31 bits per heavy atom. The van der Waals surface area contributed by atoms with Gasteiger partial charge < -0.3 is 15.3 Å². The van der Waals surface area contributed by atoms with Gasteiger partial charge in [0.1, 0.15) is 0 Å². The molecule has 0 saturated carbocycles. The summed E-state index contributed by atoms with van der Waals surface area (Å²) in [6, 6.07) is 0. The summed E-state index contributed by atoms with van der Waals surface area (Å²) >= 11 is 0. The van der Waals surface area contributed by atoms with Crippen molar-refractivity contribution in [2.45, 2.75) is 24.2 Å². The van der Waals surface area contributed by atoms with Crippen molar-refractivity contribution in [2.24, 2.45) is 0 Å². The molecular formula is C5H13NO6S. The Bertz CT molecular complexity index is 267. The lowest BCUT2D eigenvalue weighted by Crippen LogP contribution is -2.52. The second kappa shape index (κ2) is 3.48. The molecule has 7 nitrogen and oxygen atoms in total. The van der Waals surface area contributed by atoms with E-state index in [1.54, 1.807) is 0 Å². The Hall–Kier alpha value is -0.250. The average Bonchev–Trinajstić information content (AvgIpc) is 1.81. The van der Waals surface area contributed by atoms with Crippen LogP contribution in [0.15, 0.2) is 0 Å². The van der Waals surface area contributed by atoms with Crippen molar-refractivity contribution in [3.8, 4) is 0 Å². The van der Waals surface area contributed by atoms with Gasteiger partial charge in [-0.2, -0.15) is 8.42 Å². The van der Waals surface area contributed by atoms with E-state index in [2.05, 4.69) is 5.32 Å². The highest BCUT2D eigenvalue weighted by molar-refractivity contribution is 7.87. The molecule has 80 valence electrons. The lowest BCUT2D eigenvalue weighted by atomic mass is 10.2. The quantitative estimate of drug-likeness (QED) is 0.267. The number of rotatable bonds is 4. The average molecular weight is 215 g/mol. The molecule has 0 spiro atoms. The molecule has 1 unspecified atom stereocenters. The number of aliphatic hydroxyl groups is 3. The largest absolute Gasteiger partial charge is 0.344 e. The SMILES string of the molecule is CNC(C)(CC(O)(O)O)S(=O)(=O)O. The van der Waals surface area contributed by atoms with Crippen LogP contribution in [0, 0.1) is 0 Å². The first-order chi connectivity index (χ1) is 5.52. The van der Waals surface area contributed by atoms with E-state index in [0.717, 1.165) is 6.92 Å². The van der Waals surface area contributed by atoms with Crippen LogP contribution in [-0.2, 0) is 10.1 Å². The van der Waals surface area contributed by atoms with Crippen LogP contribution in [0.4, 0.5) is 0 Å². The maximum absolute atomic E-state index is 10.7. The number of nitrogens with one attached hydrogen (secondary N) is 1. The third kappa shape index (κ3) is 3.55. The minimum absolute atomic E-state index is 0.977. The van der Waals surface area contributed by atoms with E-state index in [1.807, 2.05) is 0 Å². The summed E-state index contributed by atoms with van der Waals surface area (Å²) in [4.78, 5) is -2.01. The molecule has 8 heteroatoms. The highest BCUT2D eigenvalue weighted by Crippen LogP contribution is 2.21. The molecule has 5 N–H and O–H groups in total. The second-order valence-corrected chi connectivity index (χ2v) is 4.76. The molecule has 0 heterocycles. The summed E-state index contributed by atoms with van der Waals surface area (Å²) in [5, 5.41) is 27.8. The van der Waals surface area contributed by atoms with Gasteiger partial charge in [-0.25, -0.2) is 0 Å². The van der Waals surface area contributed by atoms with Crippen molar-refractivity contribution < 1.29 is 28.3 Å². The van der Waals surface area contributed by atoms with Gasteiger partial charge in [0.05, 0.1) is 6.42 Å². The molecule has 0 aromatic carbocycles. The van der Waals surface area contributed by atoms with Crippen LogP contribution in [0.25, 0.3) is 0 Å². The van der Waals surface area contributed by atoms with Crippen molar-refractivity contribution in [1.29, 1.82) is 0 Å². The van der Waals surface area contributed by atoms with Crippen LogP contribution in [0.5, 0.6) is 0 Å². The lowest BCUT2D eigenvalue weighted by molar-refractivity contribution is -0.318. The van der Waals surface area contributed by atoms with Crippen molar-refractivity contribution in [2.75, 3.05) is 7.05 Å². The first-order valence-electron chi connectivity index (χ1n) is 3.35. The van der Waals surface area contributed by atoms with Gasteiger partial charge in [-0.15, -0.1) is 0 Å². The molecule has 0 aliphatic heterocycles.